The van der Waals surface area contributed by atoms with Gasteiger partial charge in [0.2, 0.25) is 11.8 Å². The lowest BCUT2D eigenvalue weighted by Crippen LogP contribution is -2.37. The highest BCUT2D eigenvalue weighted by Gasteiger charge is 2.19. The van der Waals surface area contributed by atoms with Crippen LogP contribution in [0, 0.1) is 19.8 Å². The minimum atomic E-state index is 0.0121. The molecular formula is C25H28N4O2S. The number of ether oxygens (including phenoxy) is 1. The third kappa shape index (κ3) is 5.05. The molecular weight excluding hydrogens is 420 g/mol. The van der Waals surface area contributed by atoms with E-state index in [4.69, 9.17) is 9.72 Å². The van der Waals surface area contributed by atoms with Crippen LogP contribution in [0.25, 0.3) is 11.3 Å². The quantitative estimate of drug-likeness (QED) is 0.543. The topological polar surface area (TPSA) is 67.4 Å². The molecule has 7 heteroatoms. The van der Waals surface area contributed by atoms with Crippen molar-refractivity contribution in [2.24, 2.45) is 5.92 Å². The maximum absolute atomic E-state index is 13.2. The molecule has 4 bridgehead atoms. The zero-order valence-corrected chi connectivity index (χ0v) is 19.7. The first-order chi connectivity index (χ1) is 15.4. The Balaban J connectivity index is 1.73. The normalized spacial score (nSPS) is 14.2. The third-order valence-corrected chi connectivity index (χ3v) is 6.04. The summed E-state index contributed by atoms with van der Waals surface area (Å²) in [5.74, 6) is 1.33. The van der Waals surface area contributed by atoms with Gasteiger partial charge in [0.05, 0.1) is 12.2 Å². The molecule has 1 N–H and O–H groups in total. The molecule has 32 heavy (non-hydrogen) atoms. The Hall–Kier alpha value is -3.06. The van der Waals surface area contributed by atoms with Crippen molar-refractivity contribution < 1.29 is 9.53 Å². The van der Waals surface area contributed by atoms with Gasteiger partial charge in [0.25, 0.3) is 5.91 Å². The van der Waals surface area contributed by atoms with Crippen LogP contribution in [-0.2, 0) is 0 Å². The van der Waals surface area contributed by atoms with Crippen LogP contribution in [0.3, 0.4) is 0 Å². The fourth-order valence-corrected chi connectivity index (χ4v) is 4.48. The van der Waals surface area contributed by atoms with E-state index in [1.54, 1.807) is 0 Å². The molecule has 1 aliphatic heterocycles. The Labute approximate surface area is 193 Å². The van der Waals surface area contributed by atoms with Crippen LogP contribution in [0.4, 0.5) is 5.95 Å². The standard InChI is InChI=1S/C25H28N4O2S/c1-16(2)15-29-11-12-31-22-14-21(23-17(3)7-5-8-18(23)4)26-25(27-22)28-32-20-10-6-9-19(13-20)24(29)30/h5-10,13-14,16H,11-12,15H2,1-4H3,(H,26,27,28). The Morgan fingerprint density at radius 3 is 2.59 bits per heavy atom. The van der Waals surface area contributed by atoms with Crippen molar-refractivity contribution in [1.29, 1.82) is 0 Å². The summed E-state index contributed by atoms with van der Waals surface area (Å²) >= 11 is 1.38. The molecule has 0 saturated heterocycles. The average molecular weight is 449 g/mol. The lowest BCUT2D eigenvalue weighted by atomic mass is 10.00. The van der Waals surface area contributed by atoms with Gasteiger partial charge in [-0.3, -0.25) is 9.52 Å². The Kier molecular flexibility index (Phi) is 6.65. The minimum absolute atomic E-state index is 0.0121. The first kappa shape index (κ1) is 22.1. The predicted octanol–water partition coefficient (Wildman–Crippen LogP) is 5.37. The number of rotatable bonds is 3. The third-order valence-electron chi connectivity index (χ3n) is 5.26. The van der Waals surface area contributed by atoms with Gasteiger partial charge in [-0.25, -0.2) is 4.98 Å². The largest absolute Gasteiger partial charge is 0.476 e. The first-order valence-corrected chi connectivity index (χ1v) is 11.6. The summed E-state index contributed by atoms with van der Waals surface area (Å²) in [5, 5.41) is 0. The molecule has 3 aromatic rings. The number of benzene rings is 2. The van der Waals surface area contributed by atoms with Crippen LogP contribution in [0.2, 0.25) is 0 Å². The lowest BCUT2D eigenvalue weighted by Gasteiger charge is -2.24. The molecule has 0 fully saturated rings. The highest BCUT2D eigenvalue weighted by atomic mass is 32.2. The van der Waals surface area contributed by atoms with Crippen LogP contribution in [0.15, 0.2) is 53.4 Å². The van der Waals surface area contributed by atoms with Crippen molar-refractivity contribution in [3.05, 3.63) is 65.2 Å². The van der Waals surface area contributed by atoms with E-state index < -0.39 is 0 Å². The summed E-state index contributed by atoms with van der Waals surface area (Å²) in [5.41, 5.74) is 4.85. The molecule has 0 saturated carbocycles. The van der Waals surface area contributed by atoms with E-state index >= 15 is 0 Å². The number of nitrogens with zero attached hydrogens (tertiary/aromatic N) is 3. The second kappa shape index (κ2) is 9.61. The van der Waals surface area contributed by atoms with E-state index in [9.17, 15) is 4.79 Å². The number of anilines is 1. The van der Waals surface area contributed by atoms with Gasteiger partial charge in [0, 0.05) is 28.6 Å². The molecule has 0 unspecified atom stereocenters. The number of amides is 1. The number of hydrogen-bond acceptors (Lipinski definition) is 6. The molecule has 2 heterocycles. The van der Waals surface area contributed by atoms with Gasteiger partial charge in [-0.2, -0.15) is 4.98 Å². The first-order valence-electron chi connectivity index (χ1n) is 10.8. The predicted molar refractivity (Wildman–Crippen MR) is 129 cm³/mol. The van der Waals surface area contributed by atoms with Gasteiger partial charge in [-0.1, -0.05) is 38.1 Å². The van der Waals surface area contributed by atoms with E-state index in [1.165, 1.54) is 11.9 Å². The molecule has 1 aromatic heterocycles. The number of carbonyl (C=O) groups excluding carboxylic acids is 1. The second-order valence-electron chi connectivity index (χ2n) is 8.41. The monoisotopic (exact) mass is 448 g/mol. The molecule has 1 aliphatic rings. The Morgan fingerprint density at radius 1 is 1.09 bits per heavy atom. The molecule has 0 spiro atoms. The van der Waals surface area contributed by atoms with Crippen molar-refractivity contribution in [2.45, 2.75) is 32.6 Å². The summed E-state index contributed by atoms with van der Waals surface area (Å²) in [6, 6.07) is 15.7. The summed E-state index contributed by atoms with van der Waals surface area (Å²) < 4.78 is 9.26. The molecule has 4 rings (SSSR count). The van der Waals surface area contributed by atoms with Gasteiger partial charge in [0.15, 0.2) is 0 Å². The van der Waals surface area contributed by atoms with Gasteiger partial charge in [-0.15, -0.1) is 0 Å². The minimum Gasteiger partial charge on any atom is -0.476 e. The summed E-state index contributed by atoms with van der Waals surface area (Å²) in [6.45, 7) is 9.89. The van der Waals surface area contributed by atoms with E-state index in [0.717, 1.165) is 27.3 Å². The molecule has 0 radical (unpaired) electrons. The van der Waals surface area contributed by atoms with Crippen LogP contribution in [-0.4, -0.2) is 40.5 Å². The number of aromatic nitrogens is 2. The lowest BCUT2D eigenvalue weighted by molar-refractivity contribution is 0.0707. The molecule has 0 aliphatic carbocycles. The van der Waals surface area contributed by atoms with Crippen molar-refractivity contribution in [3.63, 3.8) is 0 Å². The number of hydrogen-bond donors (Lipinski definition) is 1. The SMILES string of the molecule is Cc1cccc(C)c1-c1cc2nc(n1)NSc1cccc(c1)C(=O)N(CC(C)C)CCO2. The highest BCUT2D eigenvalue weighted by Crippen LogP contribution is 2.30. The van der Waals surface area contributed by atoms with Crippen molar-refractivity contribution in [1.82, 2.24) is 14.9 Å². The second-order valence-corrected chi connectivity index (χ2v) is 9.29. The number of nitrogens with one attached hydrogen (secondary N) is 1. The molecule has 6 nitrogen and oxygen atoms in total. The van der Waals surface area contributed by atoms with E-state index in [2.05, 4.69) is 49.5 Å². The van der Waals surface area contributed by atoms with E-state index in [1.807, 2.05) is 41.3 Å². The number of fused-ring (bicyclic) bond motifs is 4. The summed E-state index contributed by atoms with van der Waals surface area (Å²) in [7, 11) is 0. The zero-order chi connectivity index (χ0) is 22.7. The fraction of sp³-hybridized carbons (Fsp3) is 0.320. The maximum Gasteiger partial charge on any atom is 0.254 e. The van der Waals surface area contributed by atoms with Crippen molar-refractivity contribution in [2.75, 3.05) is 24.4 Å². The van der Waals surface area contributed by atoms with Crippen LogP contribution >= 0.6 is 11.9 Å². The smallest absolute Gasteiger partial charge is 0.254 e. The van der Waals surface area contributed by atoms with Crippen LogP contribution in [0.1, 0.15) is 35.3 Å². The van der Waals surface area contributed by atoms with Crippen molar-refractivity contribution in [3.8, 4) is 17.1 Å². The van der Waals surface area contributed by atoms with E-state index in [0.29, 0.717) is 43.0 Å². The van der Waals surface area contributed by atoms with Gasteiger partial charge in [0.1, 0.15) is 6.61 Å². The van der Waals surface area contributed by atoms with Crippen LogP contribution < -0.4 is 9.46 Å². The molecule has 2 aromatic carbocycles. The average Bonchev–Trinajstić information content (AvgIpc) is 2.76. The zero-order valence-electron chi connectivity index (χ0n) is 18.9. The Bertz CT molecular complexity index is 1110. The summed E-state index contributed by atoms with van der Waals surface area (Å²) in [4.78, 5) is 25.3. The van der Waals surface area contributed by atoms with Gasteiger partial charge >= 0.3 is 0 Å². The molecule has 1 amide bonds. The number of carbonyl (C=O) groups is 1. The van der Waals surface area contributed by atoms with Gasteiger partial charge in [-0.05, 0) is 61.0 Å². The van der Waals surface area contributed by atoms with Crippen LogP contribution in [0.5, 0.6) is 5.88 Å². The van der Waals surface area contributed by atoms with E-state index in [-0.39, 0.29) is 5.91 Å². The Morgan fingerprint density at radius 2 is 1.84 bits per heavy atom. The molecule has 0 atom stereocenters. The highest BCUT2D eigenvalue weighted by molar-refractivity contribution is 8.00. The van der Waals surface area contributed by atoms with Gasteiger partial charge < -0.3 is 9.64 Å². The summed E-state index contributed by atoms with van der Waals surface area (Å²) in [6.07, 6.45) is 0. The molecule has 166 valence electrons. The maximum atomic E-state index is 13.2. The fourth-order valence-electron chi connectivity index (χ4n) is 3.85. The van der Waals surface area contributed by atoms with Crippen molar-refractivity contribution >= 4 is 23.8 Å². The number of aryl methyl sites for hydroxylation is 2.